The van der Waals surface area contributed by atoms with Crippen molar-refractivity contribution in [1.29, 1.82) is 5.26 Å². The maximum absolute atomic E-state index is 8.99. The van der Waals surface area contributed by atoms with Crippen LogP contribution in [0.15, 0.2) is 18.2 Å². The van der Waals surface area contributed by atoms with E-state index in [1.807, 2.05) is 18.2 Å². The van der Waals surface area contributed by atoms with Gasteiger partial charge < -0.3 is 4.57 Å². The number of nitrogens with zero attached hydrogens (tertiary/aromatic N) is 3. The van der Waals surface area contributed by atoms with Gasteiger partial charge in [0.2, 0.25) is 0 Å². The van der Waals surface area contributed by atoms with Gasteiger partial charge in [0.05, 0.1) is 22.7 Å². The minimum absolute atomic E-state index is 0.000711. The van der Waals surface area contributed by atoms with Crippen LogP contribution in [0, 0.1) is 17.2 Å². The smallest absolute Gasteiger partial charge is 0.115 e. The molecule has 0 aliphatic rings. The van der Waals surface area contributed by atoms with Gasteiger partial charge >= 0.3 is 0 Å². The van der Waals surface area contributed by atoms with E-state index in [1.54, 1.807) is 0 Å². The van der Waals surface area contributed by atoms with E-state index in [1.165, 1.54) is 0 Å². The van der Waals surface area contributed by atoms with Gasteiger partial charge in [-0.25, -0.2) is 4.98 Å². The van der Waals surface area contributed by atoms with Crippen molar-refractivity contribution < 1.29 is 0 Å². The molecule has 3 heteroatoms. The second kappa shape index (κ2) is 4.70. The lowest BCUT2D eigenvalue weighted by Crippen LogP contribution is -2.20. The highest BCUT2D eigenvalue weighted by molar-refractivity contribution is 5.78. The van der Waals surface area contributed by atoms with Crippen LogP contribution in [0.2, 0.25) is 0 Å². The molecule has 0 bridgehead atoms. The van der Waals surface area contributed by atoms with Crippen LogP contribution in [0.1, 0.15) is 46.0 Å². The first-order valence-electron chi connectivity index (χ1n) is 6.74. The molecule has 0 saturated carbocycles. The summed E-state index contributed by atoms with van der Waals surface area (Å²) in [6, 6.07) is 7.94. The van der Waals surface area contributed by atoms with Crippen molar-refractivity contribution in [3.63, 3.8) is 0 Å². The highest BCUT2D eigenvalue weighted by Crippen LogP contribution is 2.27. The molecule has 0 amide bonds. The SMILES string of the molecule is CC(C)Cn1c(C(C)(C)C)nc2cc(C#N)ccc21. The normalized spacial score (nSPS) is 12.1. The zero-order valence-corrected chi connectivity index (χ0v) is 12.4. The Labute approximate surface area is 114 Å². The van der Waals surface area contributed by atoms with Crippen LogP contribution in [0.3, 0.4) is 0 Å². The van der Waals surface area contributed by atoms with Crippen molar-refractivity contribution >= 4 is 11.0 Å². The van der Waals surface area contributed by atoms with Gasteiger partial charge in [-0.2, -0.15) is 5.26 Å². The topological polar surface area (TPSA) is 41.6 Å². The number of imidazole rings is 1. The summed E-state index contributed by atoms with van der Waals surface area (Å²) < 4.78 is 2.29. The summed E-state index contributed by atoms with van der Waals surface area (Å²) in [6.07, 6.45) is 0. The van der Waals surface area contributed by atoms with Crippen LogP contribution in [0.25, 0.3) is 11.0 Å². The van der Waals surface area contributed by atoms with Crippen LogP contribution in [0.4, 0.5) is 0 Å². The number of hydrogen-bond donors (Lipinski definition) is 0. The van der Waals surface area contributed by atoms with Crippen LogP contribution in [0.5, 0.6) is 0 Å². The first kappa shape index (κ1) is 13.6. The number of benzene rings is 1. The molecular weight excluding hydrogens is 234 g/mol. The number of rotatable bonds is 2. The quantitative estimate of drug-likeness (QED) is 0.817. The zero-order valence-electron chi connectivity index (χ0n) is 12.4. The highest BCUT2D eigenvalue weighted by Gasteiger charge is 2.23. The van der Waals surface area contributed by atoms with Gasteiger partial charge in [0.25, 0.3) is 0 Å². The van der Waals surface area contributed by atoms with E-state index in [0.29, 0.717) is 11.5 Å². The van der Waals surface area contributed by atoms with Crippen molar-refractivity contribution in [2.24, 2.45) is 5.92 Å². The van der Waals surface area contributed by atoms with Gasteiger partial charge in [-0.3, -0.25) is 0 Å². The number of nitriles is 1. The van der Waals surface area contributed by atoms with Crippen LogP contribution in [-0.2, 0) is 12.0 Å². The molecule has 0 spiro atoms. The number of aromatic nitrogens is 2. The molecule has 3 nitrogen and oxygen atoms in total. The lowest BCUT2D eigenvalue weighted by Gasteiger charge is -2.21. The van der Waals surface area contributed by atoms with Crippen molar-refractivity contribution in [3.05, 3.63) is 29.6 Å². The maximum Gasteiger partial charge on any atom is 0.115 e. The fourth-order valence-corrected chi connectivity index (χ4v) is 2.32. The molecule has 0 aliphatic heterocycles. The summed E-state index contributed by atoms with van der Waals surface area (Å²) in [7, 11) is 0. The Balaban J connectivity index is 2.70. The Morgan fingerprint density at radius 3 is 2.53 bits per heavy atom. The third-order valence-electron chi connectivity index (χ3n) is 3.10. The molecular formula is C16H21N3. The molecule has 0 saturated heterocycles. The Morgan fingerprint density at radius 1 is 1.32 bits per heavy atom. The van der Waals surface area contributed by atoms with Gasteiger partial charge in [-0.1, -0.05) is 34.6 Å². The van der Waals surface area contributed by atoms with E-state index >= 15 is 0 Å². The molecule has 2 aromatic rings. The van der Waals surface area contributed by atoms with E-state index in [0.717, 1.165) is 23.4 Å². The Morgan fingerprint density at radius 2 is 2.00 bits per heavy atom. The van der Waals surface area contributed by atoms with Crippen LogP contribution < -0.4 is 0 Å². The van der Waals surface area contributed by atoms with Gasteiger partial charge in [-0.15, -0.1) is 0 Å². The molecule has 0 atom stereocenters. The van der Waals surface area contributed by atoms with E-state index in [4.69, 9.17) is 10.2 Å². The number of fused-ring (bicyclic) bond motifs is 1. The summed E-state index contributed by atoms with van der Waals surface area (Å²) in [5.41, 5.74) is 2.71. The minimum Gasteiger partial charge on any atom is -0.327 e. The van der Waals surface area contributed by atoms with Gasteiger partial charge in [-0.05, 0) is 24.1 Å². The van der Waals surface area contributed by atoms with Gasteiger partial charge in [0.15, 0.2) is 0 Å². The molecule has 1 aromatic carbocycles. The van der Waals surface area contributed by atoms with Crippen LogP contribution >= 0.6 is 0 Å². The first-order chi connectivity index (χ1) is 8.82. The lowest BCUT2D eigenvalue weighted by atomic mass is 9.95. The summed E-state index contributed by atoms with van der Waals surface area (Å²) in [4.78, 5) is 4.76. The molecule has 0 radical (unpaired) electrons. The monoisotopic (exact) mass is 255 g/mol. The predicted molar refractivity (Wildman–Crippen MR) is 78.0 cm³/mol. The first-order valence-corrected chi connectivity index (χ1v) is 6.74. The summed E-state index contributed by atoms with van der Waals surface area (Å²) in [5, 5.41) is 8.99. The van der Waals surface area contributed by atoms with Crippen molar-refractivity contribution in [2.75, 3.05) is 0 Å². The fraction of sp³-hybridized carbons (Fsp3) is 0.500. The second-order valence-electron chi connectivity index (χ2n) is 6.51. The summed E-state index contributed by atoms with van der Waals surface area (Å²) >= 11 is 0. The highest BCUT2D eigenvalue weighted by atomic mass is 15.1. The Kier molecular flexibility index (Phi) is 3.36. The van der Waals surface area contributed by atoms with Crippen LogP contribution in [-0.4, -0.2) is 9.55 Å². The Hall–Kier alpha value is -1.82. The van der Waals surface area contributed by atoms with Crippen molar-refractivity contribution in [2.45, 2.75) is 46.6 Å². The summed E-state index contributed by atoms with van der Waals surface area (Å²) in [5.74, 6) is 1.65. The fourth-order valence-electron chi connectivity index (χ4n) is 2.32. The summed E-state index contributed by atoms with van der Waals surface area (Å²) in [6.45, 7) is 11.9. The van der Waals surface area contributed by atoms with E-state index in [2.05, 4.69) is 45.3 Å². The van der Waals surface area contributed by atoms with Crippen molar-refractivity contribution in [3.8, 4) is 6.07 Å². The molecule has 0 N–H and O–H groups in total. The third-order valence-corrected chi connectivity index (χ3v) is 3.10. The standard InChI is InChI=1S/C16H21N3/c1-11(2)10-19-14-7-6-12(9-17)8-13(14)18-15(19)16(3,4)5/h6-8,11H,10H2,1-5H3. The van der Waals surface area contributed by atoms with E-state index in [9.17, 15) is 0 Å². The molecule has 2 rings (SSSR count). The average molecular weight is 255 g/mol. The molecule has 0 aliphatic carbocycles. The van der Waals surface area contributed by atoms with Gasteiger partial charge in [0, 0.05) is 12.0 Å². The molecule has 1 heterocycles. The second-order valence-corrected chi connectivity index (χ2v) is 6.51. The maximum atomic E-state index is 8.99. The molecule has 19 heavy (non-hydrogen) atoms. The largest absolute Gasteiger partial charge is 0.327 e. The zero-order chi connectivity index (χ0) is 14.2. The Bertz CT molecular complexity index is 636. The van der Waals surface area contributed by atoms with Gasteiger partial charge in [0.1, 0.15) is 5.82 Å². The molecule has 1 aromatic heterocycles. The average Bonchev–Trinajstić information content (AvgIpc) is 2.66. The molecule has 100 valence electrons. The van der Waals surface area contributed by atoms with E-state index in [-0.39, 0.29) is 5.41 Å². The van der Waals surface area contributed by atoms with Crippen molar-refractivity contribution in [1.82, 2.24) is 9.55 Å². The lowest BCUT2D eigenvalue weighted by molar-refractivity contribution is 0.459. The van der Waals surface area contributed by atoms with E-state index < -0.39 is 0 Å². The molecule has 0 fully saturated rings. The minimum atomic E-state index is 0.000711. The number of hydrogen-bond acceptors (Lipinski definition) is 2. The third kappa shape index (κ3) is 2.63. The predicted octanol–water partition coefficient (Wildman–Crippen LogP) is 3.86. The molecule has 0 unspecified atom stereocenters.